The van der Waals surface area contributed by atoms with Crippen molar-refractivity contribution in [3.8, 4) is 5.75 Å². The standard InChI is InChI=1S/C20H27NO6/c1-25-14-20(19(23)24)9-2-10-21(13-20)18(22)15-3-5-16(6-4-15)27-17-7-11-26-12-8-17/h3-6,17H,2,7-14H2,1H3,(H,23,24). The zero-order valence-corrected chi connectivity index (χ0v) is 15.7. The second-order valence-electron chi connectivity index (χ2n) is 7.30. The number of rotatable bonds is 6. The number of likely N-dealkylation sites (tertiary alicyclic amines) is 1. The van der Waals surface area contributed by atoms with Crippen molar-refractivity contribution in [1.29, 1.82) is 0 Å². The first-order chi connectivity index (χ1) is 13.0. The summed E-state index contributed by atoms with van der Waals surface area (Å²) in [5, 5.41) is 9.64. The third kappa shape index (κ3) is 4.59. The summed E-state index contributed by atoms with van der Waals surface area (Å²) in [6.07, 6.45) is 3.04. The average Bonchev–Trinajstić information content (AvgIpc) is 2.69. The van der Waals surface area contributed by atoms with E-state index in [4.69, 9.17) is 14.2 Å². The molecular formula is C20H27NO6. The summed E-state index contributed by atoms with van der Waals surface area (Å²) in [4.78, 5) is 26.2. The van der Waals surface area contributed by atoms with Gasteiger partial charge in [0, 0.05) is 38.6 Å². The molecule has 0 spiro atoms. The van der Waals surface area contributed by atoms with Crippen molar-refractivity contribution in [2.24, 2.45) is 5.41 Å². The van der Waals surface area contributed by atoms with Crippen LogP contribution in [0.5, 0.6) is 5.75 Å². The third-order valence-electron chi connectivity index (χ3n) is 5.31. The van der Waals surface area contributed by atoms with Crippen molar-refractivity contribution in [2.75, 3.05) is 40.0 Å². The first-order valence-electron chi connectivity index (χ1n) is 9.40. The van der Waals surface area contributed by atoms with Gasteiger partial charge in [0.2, 0.25) is 0 Å². The first kappa shape index (κ1) is 19.6. The van der Waals surface area contributed by atoms with Gasteiger partial charge in [-0.2, -0.15) is 0 Å². The van der Waals surface area contributed by atoms with Crippen LogP contribution < -0.4 is 4.74 Å². The Hall–Kier alpha value is -2.12. The number of piperidine rings is 1. The number of nitrogens with zero attached hydrogens (tertiary/aromatic N) is 1. The molecule has 3 rings (SSSR count). The highest BCUT2D eigenvalue weighted by molar-refractivity contribution is 5.95. The van der Waals surface area contributed by atoms with Gasteiger partial charge in [-0.1, -0.05) is 0 Å². The third-order valence-corrected chi connectivity index (χ3v) is 5.31. The Kier molecular flexibility index (Phi) is 6.34. The van der Waals surface area contributed by atoms with Crippen LogP contribution in [0.15, 0.2) is 24.3 Å². The lowest BCUT2D eigenvalue weighted by atomic mass is 9.80. The Morgan fingerprint density at radius 1 is 1.26 bits per heavy atom. The van der Waals surface area contributed by atoms with Crippen molar-refractivity contribution in [3.63, 3.8) is 0 Å². The molecule has 0 aromatic heterocycles. The molecule has 7 nitrogen and oxygen atoms in total. The highest BCUT2D eigenvalue weighted by Gasteiger charge is 2.44. The number of carbonyl (C=O) groups is 2. The number of carboxylic acid groups (broad SMARTS) is 1. The molecule has 7 heteroatoms. The van der Waals surface area contributed by atoms with Crippen molar-refractivity contribution < 1.29 is 28.9 Å². The minimum Gasteiger partial charge on any atom is -0.490 e. The molecule has 1 unspecified atom stereocenters. The predicted octanol–water partition coefficient (Wildman–Crippen LogP) is 2.20. The van der Waals surface area contributed by atoms with Gasteiger partial charge in [0.1, 0.15) is 17.3 Å². The monoisotopic (exact) mass is 377 g/mol. The molecular weight excluding hydrogens is 350 g/mol. The minimum atomic E-state index is -1.03. The van der Waals surface area contributed by atoms with E-state index in [1.54, 1.807) is 29.2 Å². The second-order valence-corrected chi connectivity index (χ2v) is 7.30. The smallest absolute Gasteiger partial charge is 0.313 e. The molecule has 2 saturated heterocycles. The minimum absolute atomic E-state index is 0.101. The molecule has 0 saturated carbocycles. The van der Waals surface area contributed by atoms with Crippen LogP contribution in [-0.2, 0) is 14.3 Å². The Morgan fingerprint density at radius 3 is 2.59 bits per heavy atom. The largest absolute Gasteiger partial charge is 0.490 e. The maximum absolute atomic E-state index is 12.9. The van der Waals surface area contributed by atoms with E-state index in [-0.39, 0.29) is 25.2 Å². The molecule has 2 aliphatic heterocycles. The second kappa shape index (κ2) is 8.71. The van der Waals surface area contributed by atoms with Crippen LogP contribution in [-0.4, -0.2) is 68.0 Å². The quantitative estimate of drug-likeness (QED) is 0.818. The topological polar surface area (TPSA) is 85.3 Å². The van der Waals surface area contributed by atoms with Crippen molar-refractivity contribution >= 4 is 11.9 Å². The molecule has 2 aliphatic rings. The Balaban J connectivity index is 1.65. The molecule has 2 heterocycles. The fraction of sp³-hybridized carbons (Fsp3) is 0.600. The molecule has 1 amide bonds. The number of benzene rings is 1. The van der Waals surface area contributed by atoms with E-state index in [2.05, 4.69) is 0 Å². The molecule has 148 valence electrons. The number of hydrogen-bond donors (Lipinski definition) is 1. The predicted molar refractivity (Wildman–Crippen MR) is 98.0 cm³/mol. The van der Waals surface area contributed by atoms with Gasteiger partial charge in [0.25, 0.3) is 5.91 Å². The zero-order valence-electron chi connectivity index (χ0n) is 15.7. The number of hydrogen-bond acceptors (Lipinski definition) is 5. The highest BCUT2D eigenvalue weighted by Crippen LogP contribution is 2.32. The number of carbonyl (C=O) groups excluding carboxylic acids is 1. The number of amides is 1. The van der Waals surface area contributed by atoms with E-state index in [0.717, 1.165) is 18.6 Å². The number of aliphatic carboxylic acids is 1. The Labute approximate surface area is 159 Å². The van der Waals surface area contributed by atoms with Gasteiger partial charge in [-0.05, 0) is 37.1 Å². The number of ether oxygens (including phenoxy) is 3. The fourth-order valence-electron chi connectivity index (χ4n) is 3.78. The molecule has 0 bridgehead atoms. The van der Waals surface area contributed by atoms with Crippen LogP contribution in [0.4, 0.5) is 0 Å². The lowest BCUT2D eigenvalue weighted by Crippen LogP contribution is -2.52. The van der Waals surface area contributed by atoms with Gasteiger partial charge in [-0.25, -0.2) is 0 Å². The fourth-order valence-corrected chi connectivity index (χ4v) is 3.78. The maximum Gasteiger partial charge on any atom is 0.313 e. The van der Waals surface area contributed by atoms with Gasteiger partial charge in [0.05, 0.1) is 19.8 Å². The molecule has 1 atom stereocenters. The van der Waals surface area contributed by atoms with Crippen LogP contribution in [0.25, 0.3) is 0 Å². The lowest BCUT2D eigenvalue weighted by molar-refractivity contribution is -0.155. The summed E-state index contributed by atoms with van der Waals surface area (Å²) in [5.41, 5.74) is -0.498. The molecule has 1 aromatic rings. The van der Waals surface area contributed by atoms with Crippen molar-refractivity contribution in [3.05, 3.63) is 29.8 Å². The van der Waals surface area contributed by atoms with Crippen LogP contribution >= 0.6 is 0 Å². The molecule has 0 radical (unpaired) electrons. The first-order valence-corrected chi connectivity index (χ1v) is 9.40. The van der Waals surface area contributed by atoms with Gasteiger partial charge in [0.15, 0.2) is 0 Å². The van der Waals surface area contributed by atoms with Crippen LogP contribution in [0.1, 0.15) is 36.0 Å². The van der Waals surface area contributed by atoms with Gasteiger partial charge in [-0.15, -0.1) is 0 Å². The van der Waals surface area contributed by atoms with E-state index in [9.17, 15) is 14.7 Å². The van der Waals surface area contributed by atoms with E-state index in [0.29, 0.717) is 38.2 Å². The highest BCUT2D eigenvalue weighted by atomic mass is 16.5. The maximum atomic E-state index is 12.9. The van der Waals surface area contributed by atoms with E-state index >= 15 is 0 Å². The van der Waals surface area contributed by atoms with Crippen molar-refractivity contribution in [1.82, 2.24) is 4.90 Å². The van der Waals surface area contributed by atoms with Crippen LogP contribution in [0.2, 0.25) is 0 Å². The average molecular weight is 377 g/mol. The molecule has 0 aliphatic carbocycles. The van der Waals surface area contributed by atoms with Crippen LogP contribution in [0, 0.1) is 5.41 Å². The van der Waals surface area contributed by atoms with E-state index in [1.807, 2.05) is 0 Å². The zero-order chi connectivity index (χ0) is 19.3. The summed E-state index contributed by atoms with van der Waals surface area (Å²) in [6, 6.07) is 7.08. The van der Waals surface area contributed by atoms with Gasteiger partial charge in [-0.3, -0.25) is 9.59 Å². The Morgan fingerprint density at radius 2 is 1.96 bits per heavy atom. The molecule has 1 aromatic carbocycles. The van der Waals surface area contributed by atoms with E-state index in [1.165, 1.54) is 7.11 Å². The van der Waals surface area contributed by atoms with E-state index < -0.39 is 11.4 Å². The van der Waals surface area contributed by atoms with Crippen molar-refractivity contribution in [2.45, 2.75) is 31.8 Å². The summed E-state index contributed by atoms with van der Waals surface area (Å²) in [6.45, 7) is 2.24. The lowest BCUT2D eigenvalue weighted by Gasteiger charge is -2.39. The van der Waals surface area contributed by atoms with Gasteiger partial charge >= 0.3 is 5.97 Å². The Bertz CT molecular complexity index is 651. The summed E-state index contributed by atoms with van der Waals surface area (Å²) >= 11 is 0. The summed E-state index contributed by atoms with van der Waals surface area (Å²) in [7, 11) is 1.49. The molecule has 27 heavy (non-hydrogen) atoms. The van der Waals surface area contributed by atoms with Crippen LogP contribution in [0.3, 0.4) is 0 Å². The normalized spacial score (nSPS) is 23.8. The molecule has 2 fully saturated rings. The SMILES string of the molecule is COCC1(C(=O)O)CCCN(C(=O)c2ccc(OC3CCOCC3)cc2)C1. The summed E-state index contributed by atoms with van der Waals surface area (Å²) < 4.78 is 16.4. The molecule has 1 N–H and O–H groups in total. The number of methoxy groups -OCH3 is 1. The summed E-state index contributed by atoms with van der Waals surface area (Å²) in [5.74, 6) is -0.340. The van der Waals surface area contributed by atoms with Gasteiger partial charge < -0.3 is 24.2 Å². The number of carboxylic acids is 1.